The van der Waals surface area contributed by atoms with Gasteiger partial charge in [0.1, 0.15) is 24.5 Å². The van der Waals surface area contributed by atoms with Crippen LogP contribution < -0.4 is 16.0 Å². The number of hydrogen-bond acceptors (Lipinski definition) is 7. The van der Waals surface area contributed by atoms with Crippen molar-refractivity contribution >= 4 is 52.8 Å². The Morgan fingerprint density at radius 3 is 2.33 bits per heavy atom. The first-order chi connectivity index (χ1) is 21.7. The first-order valence-corrected chi connectivity index (χ1v) is 14.7. The molecule has 232 valence electrons. The number of nitrogens with one attached hydrogen (secondary N) is 3. The van der Waals surface area contributed by atoms with Crippen LogP contribution in [0.3, 0.4) is 0 Å². The minimum absolute atomic E-state index is 0.00490. The molecule has 3 aromatic carbocycles. The lowest BCUT2D eigenvalue weighted by Crippen LogP contribution is -2.45. The highest BCUT2D eigenvalue weighted by Gasteiger charge is 2.34. The molecule has 1 unspecified atom stereocenters. The molecule has 14 heteroatoms. The van der Waals surface area contributed by atoms with Gasteiger partial charge in [-0.2, -0.15) is 0 Å². The third-order valence-electron chi connectivity index (χ3n) is 7.15. The fraction of sp³-hybridized carbons (Fsp3) is 0.226. The number of aliphatic carboxylic acids is 1. The van der Waals surface area contributed by atoms with E-state index < -0.39 is 36.0 Å². The molecule has 1 aliphatic heterocycles. The minimum Gasteiger partial charge on any atom is -0.480 e. The van der Waals surface area contributed by atoms with Crippen LogP contribution in [0.2, 0.25) is 10.0 Å². The Balaban J connectivity index is 1.17. The quantitative estimate of drug-likeness (QED) is 0.183. The van der Waals surface area contributed by atoms with E-state index in [0.717, 1.165) is 5.56 Å². The standard InChI is InChI=1S/C31H28Cl2N6O6/c32-21-7-4-8-22(33)27(21)29(41)35-20-11-9-18(10-12-20)15-23(30(42)43)36-28(40)24-13-14-25-37-38-26(39(24)25)16-34-31(44)45-17-19-5-2-1-3-6-19/h1-12,23-24H,13-17H2,(H,34,44)(H,35,41)(H,36,40)(H,42,43)/t23-,24?/m0/s1. The number of carbonyl (C=O) groups is 4. The summed E-state index contributed by atoms with van der Waals surface area (Å²) in [7, 11) is 0. The second kappa shape index (κ2) is 14.2. The van der Waals surface area contributed by atoms with Gasteiger partial charge in [-0.3, -0.25) is 9.59 Å². The van der Waals surface area contributed by atoms with Gasteiger partial charge in [0.05, 0.1) is 22.2 Å². The Morgan fingerprint density at radius 2 is 1.64 bits per heavy atom. The van der Waals surface area contributed by atoms with Crippen LogP contribution in [-0.2, 0) is 40.3 Å². The number of carbonyl (C=O) groups excluding carboxylic acids is 3. The van der Waals surface area contributed by atoms with Crippen LogP contribution in [0.1, 0.15) is 45.6 Å². The number of hydrogen-bond donors (Lipinski definition) is 4. The van der Waals surface area contributed by atoms with Crippen LogP contribution >= 0.6 is 23.2 Å². The van der Waals surface area contributed by atoms with Crippen LogP contribution in [0.5, 0.6) is 0 Å². The van der Waals surface area contributed by atoms with Crippen molar-refractivity contribution in [2.45, 2.75) is 44.5 Å². The van der Waals surface area contributed by atoms with E-state index in [4.69, 9.17) is 27.9 Å². The normalized spacial score (nSPS) is 14.2. The Labute approximate surface area is 267 Å². The highest BCUT2D eigenvalue weighted by molar-refractivity contribution is 6.40. The summed E-state index contributed by atoms with van der Waals surface area (Å²) in [4.78, 5) is 50.3. The van der Waals surface area contributed by atoms with Gasteiger partial charge in [0, 0.05) is 18.5 Å². The Morgan fingerprint density at radius 1 is 0.933 bits per heavy atom. The molecule has 0 fully saturated rings. The lowest BCUT2D eigenvalue weighted by atomic mass is 10.0. The van der Waals surface area contributed by atoms with Crippen molar-refractivity contribution in [1.82, 2.24) is 25.4 Å². The van der Waals surface area contributed by atoms with E-state index in [1.807, 2.05) is 30.3 Å². The zero-order valence-electron chi connectivity index (χ0n) is 23.7. The van der Waals surface area contributed by atoms with Crippen molar-refractivity contribution in [3.8, 4) is 0 Å². The Bertz CT molecular complexity index is 1690. The number of anilines is 1. The van der Waals surface area contributed by atoms with Gasteiger partial charge in [0.2, 0.25) is 5.91 Å². The zero-order chi connectivity index (χ0) is 31.9. The smallest absolute Gasteiger partial charge is 0.407 e. The molecular weight excluding hydrogens is 623 g/mol. The number of alkyl carbamates (subject to hydrolysis) is 1. The second-order valence-corrected chi connectivity index (χ2v) is 11.0. The van der Waals surface area contributed by atoms with Crippen molar-refractivity contribution in [3.05, 3.63) is 111 Å². The zero-order valence-corrected chi connectivity index (χ0v) is 25.2. The van der Waals surface area contributed by atoms with Gasteiger partial charge in [-0.25, -0.2) is 9.59 Å². The summed E-state index contributed by atoms with van der Waals surface area (Å²) in [6, 6.07) is 18.5. The molecule has 0 aliphatic carbocycles. The summed E-state index contributed by atoms with van der Waals surface area (Å²) in [5, 5.41) is 26.5. The van der Waals surface area contributed by atoms with Crippen molar-refractivity contribution < 1.29 is 29.0 Å². The molecule has 3 amide bonds. The van der Waals surface area contributed by atoms with Crippen molar-refractivity contribution in [1.29, 1.82) is 0 Å². The molecule has 0 saturated heterocycles. The fourth-order valence-corrected chi connectivity index (χ4v) is 5.49. The molecule has 2 atom stereocenters. The van der Waals surface area contributed by atoms with Crippen molar-refractivity contribution in [2.24, 2.45) is 0 Å². The first-order valence-electron chi connectivity index (χ1n) is 13.9. The number of aromatic nitrogens is 3. The number of amides is 3. The van der Waals surface area contributed by atoms with E-state index >= 15 is 0 Å². The molecule has 5 rings (SSSR count). The Hall–Kier alpha value is -4.94. The maximum Gasteiger partial charge on any atom is 0.407 e. The monoisotopic (exact) mass is 650 g/mol. The molecule has 1 aliphatic rings. The molecule has 4 aromatic rings. The summed E-state index contributed by atoms with van der Waals surface area (Å²) >= 11 is 12.2. The Kier molecular flexibility index (Phi) is 9.95. The van der Waals surface area contributed by atoms with E-state index in [-0.39, 0.29) is 35.2 Å². The van der Waals surface area contributed by atoms with Gasteiger partial charge in [-0.1, -0.05) is 71.7 Å². The number of halogens is 2. The van der Waals surface area contributed by atoms with Crippen molar-refractivity contribution in [3.63, 3.8) is 0 Å². The van der Waals surface area contributed by atoms with E-state index in [9.17, 15) is 24.3 Å². The number of ether oxygens (including phenoxy) is 1. The molecule has 0 spiro atoms. The number of benzene rings is 3. The maximum atomic E-state index is 13.3. The third-order valence-corrected chi connectivity index (χ3v) is 7.78. The number of carboxylic acids is 1. The lowest BCUT2D eigenvalue weighted by Gasteiger charge is -2.20. The van der Waals surface area contributed by atoms with Crippen LogP contribution in [0, 0.1) is 0 Å². The van der Waals surface area contributed by atoms with Gasteiger partial charge >= 0.3 is 12.1 Å². The summed E-state index contributed by atoms with van der Waals surface area (Å²) in [6.07, 6.45) is 0.209. The molecule has 0 bridgehead atoms. The summed E-state index contributed by atoms with van der Waals surface area (Å²) in [5.74, 6) is -1.29. The van der Waals surface area contributed by atoms with Gasteiger partial charge in [0.15, 0.2) is 5.82 Å². The van der Waals surface area contributed by atoms with E-state index in [1.165, 1.54) is 0 Å². The number of aryl methyl sites for hydroxylation is 1. The van der Waals surface area contributed by atoms with Crippen LogP contribution in [-0.4, -0.2) is 49.8 Å². The number of carboxylic acid groups (broad SMARTS) is 1. The SMILES string of the molecule is O=C(NCc1nnc2n1C(C(=O)N[C@@H](Cc1ccc(NC(=O)c3c(Cl)cccc3Cl)cc1)C(=O)O)CC2)OCc1ccccc1. The van der Waals surface area contributed by atoms with Gasteiger partial charge in [0.25, 0.3) is 5.91 Å². The largest absolute Gasteiger partial charge is 0.480 e. The second-order valence-electron chi connectivity index (χ2n) is 10.2. The molecule has 0 saturated carbocycles. The molecule has 1 aromatic heterocycles. The average Bonchev–Trinajstić information content (AvgIpc) is 3.63. The molecule has 45 heavy (non-hydrogen) atoms. The van der Waals surface area contributed by atoms with Crippen LogP contribution in [0.4, 0.5) is 10.5 Å². The van der Waals surface area contributed by atoms with E-state index in [0.29, 0.717) is 35.7 Å². The predicted octanol–water partition coefficient (Wildman–Crippen LogP) is 4.56. The highest BCUT2D eigenvalue weighted by atomic mass is 35.5. The average molecular weight is 652 g/mol. The first kappa shape index (κ1) is 31.5. The lowest BCUT2D eigenvalue weighted by molar-refractivity contribution is -0.142. The van der Waals surface area contributed by atoms with Crippen LogP contribution in [0.15, 0.2) is 72.8 Å². The fourth-order valence-electron chi connectivity index (χ4n) is 4.92. The van der Waals surface area contributed by atoms with Gasteiger partial charge in [-0.05, 0) is 41.8 Å². The van der Waals surface area contributed by atoms with Crippen LogP contribution in [0.25, 0.3) is 0 Å². The number of nitrogens with zero attached hydrogens (tertiary/aromatic N) is 3. The summed E-state index contributed by atoms with van der Waals surface area (Å²) in [6.45, 7) is 0.0688. The summed E-state index contributed by atoms with van der Waals surface area (Å²) < 4.78 is 6.85. The predicted molar refractivity (Wildman–Crippen MR) is 165 cm³/mol. The third kappa shape index (κ3) is 7.78. The van der Waals surface area contributed by atoms with E-state index in [1.54, 1.807) is 47.0 Å². The topological polar surface area (TPSA) is 165 Å². The molecule has 4 N–H and O–H groups in total. The number of rotatable bonds is 11. The maximum absolute atomic E-state index is 13.3. The highest BCUT2D eigenvalue weighted by Crippen LogP contribution is 2.27. The summed E-state index contributed by atoms with van der Waals surface area (Å²) in [5.41, 5.74) is 2.05. The molecule has 12 nitrogen and oxygen atoms in total. The molecular formula is C31H28Cl2N6O6. The van der Waals surface area contributed by atoms with E-state index in [2.05, 4.69) is 26.1 Å². The minimum atomic E-state index is -1.23. The van der Waals surface area contributed by atoms with Gasteiger partial charge in [-0.15, -0.1) is 10.2 Å². The van der Waals surface area contributed by atoms with Gasteiger partial charge < -0.3 is 30.4 Å². The number of fused-ring (bicyclic) bond motifs is 1. The molecule has 2 heterocycles. The molecule has 0 radical (unpaired) electrons. The van der Waals surface area contributed by atoms with Crippen molar-refractivity contribution in [2.75, 3.05) is 5.32 Å².